The molecule has 1 N–H and O–H groups in total. The van der Waals surface area contributed by atoms with Crippen LogP contribution in [0.1, 0.15) is 27.7 Å². The van der Waals surface area contributed by atoms with Gasteiger partial charge in [0.15, 0.2) is 5.65 Å². The van der Waals surface area contributed by atoms with E-state index in [9.17, 15) is 4.79 Å². The van der Waals surface area contributed by atoms with E-state index in [4.69, 9.17) is 4.42 Å². The van der Waals surface area contributed by atoms with Gasteiger partial charge in [0.05, 0.1) is 11.4 Å². The number of furan rings is 1. The van der Waals surface area contributed by atoms with Gasteiger partial charge in [0.1, 0.15) is 22.9 Å². The Labute approximate surface area is 148 Å². The monoisotopic (exact) mass is 352 g/mol. The SMILES string of the molecule is Cc1ccc(CNC(=O)c2cc(C)n3nc(-c4cccs4)cc3n2)o1. The summed E-state index contributed by atoms with van der Waals surface area (Å²) in [6.07, 6.45) is 0. The van der Waals surface area contributed by atoms with Gasteiger partial charge >= 0.3 is 0 Å². The normalized spacial score (nSPS) is 11.1. The lowest BCUT2D eigenvalue weighted by Crippen LogP contribution is -2.24. The molecule has 0 aromatic carbocycles. The molecule has 4 aromatic rings. The quantitative estimate of drug-likeness (QED) is 0.609. The second kappa shape index (κ2) is 6.18. The number of thiophene rings is 1. The van der Waals surface area contributed by atoms with Crippen LogP contribution >= 0.6 is 11.3 Å². The van der Waals surface area contributed by atoms with Gasteiger partial charge in [-0.15, -0.1) is 11.3 Å². The fourth-order valence-electron chi connectivity index (χ4n) is 2.62. The van der Waals surface area contributed by atoms with E-state index in [0.29, 0.717) is 23.6 Å². The Morgan fingerprint density at radius 1 is 1.28 bits per heavy atom. The van der Waals surface area contributed by atoms with E-state index in [1.807, 2.05) is 49.6 Å². The first-order valence-electron chi connectivity index (χ1n) is 7.85. The second-order valence-corrected chi connectivity index (χ2v) is 6.70. The van der Waals surface area contributed by atoms with Gasteiger partial charge in [0, 0.05) is 11.8 Å². The van der Waals surface area contributed by atoms with E-state index in [-0.39, 0.29) is 5.91 Å². The minimum Gasteiger partial charge on any atom is -0.465 e. The highest BCUT2D eigenvalue weighted by Gasteiger charge is 2.14. The molecule has 126 valence electrons. The smallest absolute Gasteiger partial charge is 0.270 e. The molecule has 4 heterocycles. The topological polar surface area (TPSA) is 72.4 Å². The summed E-state index contributed by atoms with van der Waals surface area (Å²) in [6, 6.07) is 11.3. The Balaban J connectivity index is 1.60. The molecule has 0 aliphatic heterocycles. The maximum atomic E-state index is 12.4. The molecule has 1 amide bonds. The average Bonchev–Trinajstić information content (AvgIpc) is 3.32. The highest BCUT2D eigenvalue weighted by molar-refractivity contribution is 7.13. The number of hydrogen-bond acceptors (Lipinski definition) is 5. The molecule has 0 saturated heterocycles. The standard InChI is InChI=1S/C18H16N4O2S/c1-11-8-15(18(23)19-10-13-6-5-12(2)24-13)20-17-9-14(21-22(11)17)16-4-3-7-25-16/h3-9H,10H2,1-2H3,(H,19,23). The molecule has 4 rings (SSSR count). The maximum Gasteiger partial charge on any atom is 0.270 e. The van der Waals surface area contributed by atoms with Crippen molar-refractivity contribution in [1.29, 1.82) is 0 Å². The average molecular weight is 352 g/mol. The summed E-state index contributed by atoms with van der Waals surface area (Å²) in [7, 11) is 0. The molecule has 0 atom stereocenters. The molecule has 0 bridgehead atoms. The first-order chi connectivity index (χ1) is 12.1. The van der Waals surface area contributed by atoms with Crippen molar-refractivity contribution in [2.75, 3.05) is 0 Å². The van der Waals surface area contributed by atoms with E-state index in [1.54, 1.807) is 21.9 Å². The summed E-state index contributed by atoms with van der Waals surface area (Å²) in [4.78, 5) is 17.9. The first kappa shape index (κ1) is 15.6. The van der Waals surface area contributed by atoms with Crippen molar-refractivity contribution in [3.8, 4) is 10.6 Å². The molecule has 0 spiro atoms. The molecular weight excluding hydrogens is 336 g/mol. The summed E-state index contributed by atoms with van der Waals surface area (Å²) >= 11 is 1.62. The lowest BCUT2D eigenvalue weighted by Gasteiger charge is -2.05. The third-order valence-corrected chi connectivity index (χ3v) is 4.72. The van der Waals surface area contributed by atoms with Gasteiger partial charge in [0.2, 0.25) is 0 Å². The van der Waals surface area contributed by atoms with Crippen molar-refractivity contribution >= 4 is 22.9 Å². The number of amides is 1. The highest BCUT2D eigenvalue weighted by atomic mass is 32.1. The van der Waals surface area contributed by atoms with Crippen molar-refractivity contribution in [2.45, 2.75) is 20.4 Å². The Kier molecular flexibility index (Phi) is 3.85. The van der Waals surface area contributed by atoms with Crippen LogP contribution in [-0.4, -0.2) is 20.5 Å². The second-order valence-electron chi connectivity index (χ2n) is 5.75. The Morgan fingerprint density at radius 3 is 2.88 bits per heavy atom. The Morgan fingerprint density at radius 2 is 2.16 bits per heavy atom. The highest BCUT2D eigenvalue weighted by Crippen LogP contribution is 2.24. The number of rotatable bonds is 4. The molecule has 4 aromatic heterocycles. The van der Waals surface area contributed by atoms with Crippen LogP contribution in [0.15, 0.2) is 46.2 Å². The molecule has 0 aliphatic rings. The summed E-state index contributed by atoms with van der Waals surface area (Å²) < 4.78 is 7.21. The molecule has 0 fully saturated rings. The minimum atomic E-state index is -0.237. The van der Waals surface area contributed by atoms with Crippen molar-refractivity contribution in [3.63, 3.8) is 0 Å². The molecule has 0 saturated carbocycles. The fourth-order valence-corrected chi connectivity index (χ4v) is 3.31. The Bertz CT molecular complexity index is 1050. The van der Waals surface area contributed by atoms with E-state index in [0.717, 1.165) is 22.0 Å². The maximum absolute atomic E-state index is 12.4. The number of fused-ring (bicyclic) bond motifs is 1. The van der Waals surface area contributed by atoms with Gasteiger partial charge in [-0.05, 0) is 43.5 Å². The van der Waals surface area contributed by atoms with Gasteiger partial charge in [0.25, 0.3) is 5.91 Å². The van der Waals surface area contributed by atoms with Crippen molar-refractivity contribution in [1.82, 2.24) is 19.9 Å². The number of carbonyl (C=O) groups is 1. The predicted molar refractivity (Wildman–Crippen MR) is 95.7 cm³/mol. The van der Waals surface area contributed by atoms with Crippen LogP contribution in [0.25, 0.3) is 16.2 Å². The van der Waals surface area contributed by atoms with Gasteiger partial charge in [-0.1, -0.05) is 6.07 Å². The summed E-state index contributed by atoms with van der Waals surface area (Å²) in [5, 5.41) is 9.41. The van der Waals surface area contributed by atoms with E-state index in [2.05, 4.69) is 15.4 Å². The zero-order valence-electron chi connectivity index (χ0n) is 13.8. The lowest BCUT2D eigenvalue weighted by molar-refractivity contribution is 0.0943. The van der Waals surface area contributed by atoms with Gasteiger partial charge in [-0.25, -0.2) is 9.50 Å². The Hall–Kier alpha value is -2.93. The fraction of sp³-hybridized carbons (Fsp3) is 0.167. The van der Waals surface area contributed by atoms with Crippen LogP contribution in [0, 0.1) is 13.8 Å². The van der Waals surface area contributed by atoms with Crippen LogP contribution in [0.5, 0.6) is 0 Å². The van der Waals surface area contributed by atoms with Crippen molar-refractivity contribution in [2.24, 2.45) is 0 Å². The van der Waals surface area contributed by atoms with Crippen molar-refractivity contribution < 1.29 is 9.21 Å². The predicted octanol–water partition coefficient (Wildman–Crippen LogP) is 3.60. The molecule has 0 aliphatic carbocycles. The van der Waals surface area contributed by atoms with Crippen LogP contribution in [0.3, 0.4) is 0 Å². The zero-order chi connectivity index (χ0) is 17.4. The zero-order valence-corrected chi connectivity index (χ0v) is 14.6. The molecule has 6 nitrogen and oxygen atoms in total. The third-order valence-electron chi connectivity index (χ3n) is 3.83. The van der Waals surface area contributed by atoms with Gasteiger partial charge in [-0.3, -0.25) is 4.79 Å². The number of aromatic nitrogens is 3. The third kappa shape index (κ3) is 3.06. The molecule has 25 heavy (non-hydrogen) atoms. The minimum absolute atomic E-state index is 0.237. The van der Waals surface area contributed by atoms with E-state index in [1.165, 1.54) is 0 Å². The van der Waals surface area contributed by atoms with Crippen LogP contribution in [-0.2, 0) is 6.54 Å². The van der Waals surface area contributed by atoms with Gasteiger partial charge in [-0.2, -0.15) is 5.10 Å². The van der Waals surface area contributed by atoms with Crippen LogP contribution in [0.4, 0.5) is 0 Å². The van der Waals surface area contributed by atoms with Crippen LogP contribution in [0.2, 0.25) is 0 Å². The first-order valence-corrected chi connectivity index (χ1v) is 8.73. The van der Waals surface area contributed by atoms with Gasteiger partial charge < -0.3 is 9.73 Å². The molecule has 7 heteroatoms. The number of nitrogens with zero attached hydrogens (tertiary/aromatic N) is 3. The summed E-state index contributed by atoms with van der Waals surface area (Å²) in [5.74, 6) is 1.30. The number of hydrogen-bond donors (Lipinski definition) is 1. The van der Waals surface area contributed by atoms with Crippen molar-refractivity contribution in [3.05, 3.63) is 64.7 Å². The molecule has 0 radical (unpaired) electrons. The number of nitrogens with one attached hydrogen (secondary N) is 1. The van der Waals surface area contributed by atoms with Crippen LogP contribution < -0.4 is 5.32 Å². The summed E-state index contributed by atoms with van der Waals surface area (Å²) in [6.45, 7) is 4.11. The largest absolute Gasteiger partial charge is 0.465 e. The lowest BCUT2D eigenvalue weighted by atomic mass is 10.3. The van der Waals surface area contributed by atoms with E-state index < -0.39 is 0 Å². The summed E-state index contributed by atoms with van der Waals surface area (Å²) in [5.41, 5.74) is 2.73. The number of carbonyl (C=O) groups excluding carboxylic acids is 1. The molecule has 0 unspecified atom stereocenters. The number of aryl methyl sites for hydroxylation is 2. The molecular formula is C18H16N4O2S. The van der Waals surface area contributed by atoms with E-state index >= 15 is 0 Å².